The van der Waals surface area contributed by atoms with Crippen LogP contribution in [0, 0.1) is 24.0 Å². The number of anilines is 1. The zero-order chi connectivity index (χ0) is 21.2. The van der Waals surface area contributed by atoms with Gasteiger partial charge in [0, 0.05) is 5.39 Å². The highest BCUT2D eigenvalue weighted by atomic mass is 19.1. The Morgan fingerprint density at radius 3 is 2.59 bits per heavy atom. The summed E-state index contributed by atoms with van der Waals surface area (Å²) in [4.78, 5) is 17.6. The van der Waals surface area contributed by atoms with Crippen LogP contribution in [0.15, 0.2) is 60.7 Å². The predicted molar refractivity (Wildman–Crippen MR) is 113 cm³/mol. The Morgan fingerprint density at radius 2 is 1.90 bits per heavy atom. The van der Waals surface area contributed by atoms with Crippen molar-refractivity contribution < 1.29 is 13.6 Å². The number of carbonyl (C=O) groups is 1. The monoisotopic (exact) mass is 394 g/mol. The van der Waals surface area contributed by atoms with Crippen molar-refractivity contribution in [2.24, 2.45) is 5.41 Å². The number of para-hydroxylation sites is 1. The van der Waals surface area contributed by atoms with E-state index < -0.39 is 11.2 Å². The van der Waals surface area contributed by atoms with Gasteiger partial charge < -0.3 is 5.32 Å². The molecule has 0 aliphatic heterocycles. The Morgan fingerprint density at radius 1 is 1.17 bits per heavy atom. The van der Waals surface area contributed by atoms with Gasteiger partial charge in [0.1, 0.15) is 17.2 Å². The lowest BCUT2D eigenvalue weighted by Gasteiger charge is -2.29. The third kappa shape index (κ3) is 4.67. The summed E-state index contributed by atoms with van der Waals surface area (Å²) < 4.78 is 27.6. The Bertz CT molecular complexity index is 1090. The highest BCUT2D eigenvalue weighted by Crippen LogP contribution is 2.33. The minimum absolute atomic E-state index is 0.217. The van der Waals surface area contributed by atoms with E-state index in [1.165, 1.54) is 18.2 Å². The second-order valence-electron chi connectivity index (χ2n) is 7.89. The van der Waals surface area contributed by atoms with Crippen LogP contribution in [0.25, 0.3) is 10.9 Å². The van der Waals surface area contributed by atoms with Crippen LogP contribution in [0.1, 0.15) is 31.5 Å². The van der Waals surface area contributed by atoms with Gasteiger partial charge in [-0.1, -0.05) is 36.8 Å². The number of halogens is 2. The number of rotatable bonds is 6. The molecule has 1 N–H and O–H groups in total. The largest absolute Gasteiger partial charge is 0.324 e. The van der Waals surface area contributed by atoms with E-state index in [1.54, 1.807) is 37.3 Å². The van der Waals surface area contributed by atoms with E-state index >= 15 is 0 Å². The molecule has 1 heterocycles. The normalized spacial score (nSPS) is 13.1. The van der Waals surface area contributed by atoms with Crippen molar-refractivity contribution in [1.29, 1.82) is 0 Å². The smallest absolute Gasteiger partial charge is 0.231 e. The van der Waals surface area contributed by atoms with Gasteiger partial charge in [-0.05, 0) is 56.5 Å². The molecule has 0 radical (unpaired) electrons. The SMILES string of the molecule is C=C(C)CC(C)(Cc1cccc(F)c1)C(=O)Nc1cc2cccc(F)c2nc1C. The predicted octanol–water partition coefficient (Wildman–Crippen LogP) is 5.98. The summed E-state index contributed by atoms with van der Waals surface area (Å²) >= 11 is 0. The van der Waals surface area contributed by atoms with E-state index in [1.807, 2.05) is 13.8 Å². The van der Waals surface area contributed by atoms with E-state index in [0.29, 0.717) is 29.6 Å². The summed E-state index contributed by atoms with van der Waals surface area (Å²) in [5.41, 5.74) is 2.09. The molecule has 29 heavy (non-hydrogen) atoms. The Balaban J connectivity index is 1.93. The van der Waals surface area contributed by atoms with E-state index in [9.17, 15) is 13.6 Å². The number of fused-ring (bicyclic) bond motifs is 1. The van der Waals surface area contributed by atoms with Gasteiger partial charge >= 0.3 is 0 Å². The second kappa shape index (κ2) is 8.11. The lowest BCUT2D eigenvalue weighted by Crippen LogP contribution is -2.36. The zero-order valence-corrected chi connectivity index (χ0v) is 16.9. The van der Waals surface area contributed by atoms with Crippen LogP contribution < -0.4 is 5.32 Å². The van der Waals surface area contributed by atoms with Gasteiger partial charge in [0.05, 0.1) is 16.8 Å². The number of carbonyl (C=O) groups excluding carboxylic acids is 1. The minimum Gasteiger partial charge on any atom is -0.324 e. The molecule has 0 saturated carbocycles. The molecule has 0 aliphatic carbocycles. The first-order valence-corrected chi connectivity index (χ1v) is 9.44. The second-order valence-corrected chi connectivity index (χ2v) is 7.89. The van der Waals surface area contributed by atoms with Crippen molar-refractivity contribution in [3.8, 4) is 0 Å². The van der Waals surface area contributed by atoms with Crippen molar-refractivity contribution in [2.45, 2.75) is 33.6 Å². The molecule has 0 bridgehead atoms. The molecule has 0 saturated heterocycles. The van der Waals surface area contributed by atoms with Crippen LogP contribution >= 0.6 is 0 Å². The van der Waals surface area contributed by atoms with Gasteiger partial charge in [0.25, 0.3) is 0 Å². The summed E-state index contributed by atoms with van der Waals surface area (Å²) in [6.45, 7) is 9.38. The number of amides is 1. The molecule has 5 heteroatoms. The quantitative estimate of drug-likeness (QED) is 0.523. The Labute approximate surface area is 169 Å². The molecule has 0 fully saturated rings. The summed E-state index contributed by atoms with van der Waals surface area (Å²) in [5, 5.41) is 3.55. The number of aryl methyl sites for hydroxylation is 1. The first kappa shape index (κ1) is 20.6. The molecule has 0 spiro atoms. The number of nitrogens with one attached hydrogen (secondary N) is 1. The standard InChI is InChI=1S/C24H24F2N2O/c1-15(2)13-24(4,14-17-7-5-9-19(25)11-17)23(29)28-21-12-18-8-6-10-20(26)22(18)27-16(21)3/h5-12H,1,13-14H2,2-4H3,(H,28,29). The summed E-state index contributed by atoms with van der Waals surface area (Å²) in [6.07, 6.45) is 0.808. The molecule has 0 aliphatic rings. The van der Waals surface area contributed by atoms with Crippen LogP contribution in [0.2, 0.25) is 0 Å². The molecular formula is C24H24F2N2O. The molecule has 2 aromatic carbocycles. The average Bonchev–Trinajstić information content (AvgIpc) is 2.62. The Kier molecular flexibility index (Phi) is 5.78. The van der Waals surface area contributed by atoms with Gasteiger partial charge in [0.15, 0.2) is 0 Å². The third-order valence-corrected chi connectivity index (χ3v) is 4.96. The highest BCUT2D eigenvalue weighted by molar-refractivity contribution is 5.97. The number of allylic oxidation sites excluding steroid dienone is 1. The van der Waals surface area contributed by atoms with E-state index in [-0.39, 0.29) is 17.2 Å². The maximum absolute atomic E-state index is 14.0. The maximum atomic E-state index is 14.0. The van der Waals surface area contributed by atoms with Gasteiger partial charge in [-0.3, -0.25) is 4.79 Å². The van der Waals surface area contributed by atoms with Gasteiger partial charge in [-0.15, -0.1) is 6.58 Å². The number of hydrogen-bond donors (Lipinski definition) is 1. The average molecular weight is 394 g/mol. The topological polar surface area (TPSA) is 42.0 Å². The lowest BCUT2D eigenvalue weighted by atomic mass is 9.77. The molecule has 1 amide bonds. The number of benzene rings is 2. The van der Waals surface area contributed by atoms with Gasteiger partial charge in [-0.2, -0.15) is 0 Å². The van der Waals surface area contributed by atoms with Crippen LogP contribution in [0.4, 0.5) is 14.5 Å². The molecule has 3 rings (SSSR count). The van der Waals surface area contributed by atoms with Crippen molar-refractivity contribution in [2.75, 3.05) is 5.32 Å². The van der Waals surface area contributed by atoms with Crippen molar-refractivity contribution in [3.63, 3.8) is 0 Å². The third-order valence-electron chi connectivity index (χ3n) is 4.96. The summed E-state index contributed by atoms with van der Waals surface area (Å²) in [6, 6.07) is 12.7. The van der Waals surface area contributed by atoms with E-state index in [0.717, 1.165) is 11.1 Å². The van der Waals surface area contributed by atoms with Crippen LogP contribution in [0.5, 0.6) is 0 Å². The molecule has 1 unspecified atom stereocenters. The number of aromatic nitrogens is 1. The first-order valence-electron chi connectivity index (χ1n) is 9.44. The number of nitrogens with zero attached hydrogens (tertiary/aromatic N) is 1. The van der Waals surface area contributed by atoms with Crippen LogP contribution in [0.3, 0.4) is 0 Å². The molecule has 150 valence electrons. The fourth-order valence-electron chi connectivity index (χ4n) is 3.64. The molecule has 3 aromatic rings. The highest BCUT2D eigenvalue weighted by Gasteiger charge is 2.34. The minimum atomic E-state index is -0.830. The van der Waals surface area contributed by atoms with Gasteiger partial charge in [-0.25, -0.2) is 13.8 Å². The molecule has 1 aromatic heterocycles. The van der Waals surface area contributed by atoms with E-state index in [4.69, 9.17) is 0 Å². The zero-order valence-electron chi connectivity index (χ0n) is 16.9. The van der Waals surface area contributed by atoms with Crippen molar-refractivity contribution in [3.05, 3.63) is 83.6 Å². The maximum Gasteiger partial charge on any atom is 0.231 e. The van der Waals surface area contributed by atoms with Gasteiger partial charge in [0.2, 0.25) is 5.91 Å². The summed E-state index contributed by atoms with van der Waals surface area (Å²) in [7, 11) is 0. The number of hydrogen-bond acceptors (Lipinski definition) is 2. The van der Waals surface area contributed by atoms with Crippen molar-refractivity contribution in [1.82, 2.24) is 4.98 Å². The van der Waals surface area contributed by atoms with Crippen LogP contribution in [-0.4, -0.2) is 10.9 Å². The molecular weight excluding hydrogens is 370 g/mol. The first-order chi connectivity index (χ1) is 13.7. The van der Waals surface area contributed by atoms with Crippen LogP contribution in [-0.2, 0) is 11.2 Å². The lowest BCUT2D eigenvalue weighted by molar-refractivity contribution is -0.124. The number of pyridine rings is 1. The molecule has 3 nitrogen and oxygen atoms in total. The fourth-order valence-corrected chi connectivity index (χ4v) is 3.64. The summed E-state index contributed by atoms with van der Waals surface area (Å²) in [5.74, 6) is -0.954. The molecule has 1 atom stereocenters. The Hall–Kier alpha value is -3.08. The van der Waals surface area contributed by atoms with Crippen molar-refractivity contribution >= 4 is 22.5 Å². The van der Waals surface area contributed by atoms with E-state index in [2.05, 4.69) is 16.9 Å². The fraction of sp³-hybridized carbons (Fsp3) is 0.250.